The summed E-state index contributed by atoms with van der Waals surface area (Å²) >= 11 is 0. The first-order valence-electron chi connectivity index (χ1n) is 8.63. The fraction of sp³-hybridized carbons (Fsp3) is 0.765. The van der Waals surface area contributed by atoms with Gasteiger partial charge in [-0.3, -0.25) is 4.68 Å². The molecule has 130 valence electrons. The molecule has 6 nitrogen and oxygen atoms in total. The van der Waals surface area contributed by atoms with Crippen molar-refractivity contribution in [1.29, 1.82) is 0 Å². The number of rotatable bonds is 6. The van der Waals surface area contributed by atoms with Crippen LogP contribution in [0.4, 0.5) is 4.79 Å². The third kappa shape index (κ3) is 5.23. The highest BCUT2D eigenvalue weighted by Crippen LogP contribution is 2.25. The van der Waals surface area contributed by atoms with Crippen molar-refractivity contribution in [3.63, 3.8) is 0 Å². The number of aromatic nitrogens is 2. The first-order valence-corrected chi connectivity index (χ1v) is 8.63. The molecule has 0 spiro atoms. The fourth-order valence-corrected chi connectivity index (χ4v) is 3.27. The second-order valence-corrected chi connectivity index (χ2v) is 6.64. The number of aryl methyl sites for hydroxylation is 2. The molecule has 1 aliphatic carbocycles. The molecule has 2 amide bonds. The highest BCUT2D eigenvalue weighted by molar-refractivity contribution is 5.74. The summed E-state index contributed by atoms with van der Waals surface area (Å²) in [4.78, 5) is 12.0. The van der Waals surface area contributed by atoms with E-state index in [0.29, 0.717) is 25.2 Å². The molecule has 1 aromatic heterocycles. The molecule has 1 heterocycles. The van der Waals surface area contributed by atoms with E-state index in [2.05, 4.69) is 22.7 Å². The van der Waals surface area contributed by atoms with Crippen molar-refractivity contribution in [2.24, 2.45) is 13.0 Å². The second kappa shape index (κ2) is 8.34. The molecular formula is C17H30N4O2. The molecule has 0 saturated heterocycles. The van der Waals surface area contributed by atoms with Crippen LogP contribution in [0, 0.1) is 12.8 Å². The third-order valence-electron chi connectivity index (χ3n) is 4.62. The van der Waals surface area contributed by atoms with Gasteiger partial charge in [0.2, 0.25) is 0 Å². The first-order chi connectivity index (χ1) is 11.0. The number of nitrogens with one attached hydrogen (secondary N) is 2. The van der Waals surface area contributed by atoms with Crippen molar-refractivity contribution in [3.05, 3.63) is 17.5 Å². The van der Waals surface area contributed by atoms with Gasteiger partial charge in [0, 0.05) is 25.4 Å². The Bertz CT molecular complexity index is 515. The summed E-state index contributed by atoms with van der Waals surface area (Å²) in [6, 6.07) is -0.232. The molecular weight excluding hydrogens is 292 g/mol. The molecule has 0 radical (unpaired) electrons. The van der Waals surface area contributed by atoms with Crippen LogP contribution >= 0.6 is 0 Å². The Morgan fingerprint density at radius 3 is 2.87 bits per heavy atom. The van der Waals surface area contributed by atoms with E-state index >= 15 is 0 Å². The van der Waals surface area contributed by atoms with Crippen LogP contribution < -0.4 is 10.6 Å². The van der Waals surface area contributed by atoms with Crippen LogP contribution in [0.3, 0.4) is 0 Å². The van der Waals surface area contributed by atoms with E-state index in [-0.39, 0.29) is 12.1 Å². The van der Waals surface area contributed by atoms with Crippen LogP contribution in [0.15, 0.2) is 6.20 Å². The van der Waals surface area contributed by atoms with Gasteiger partial charge in [-0.05, 0) is 32.6 Å². The van der Waals surface area contributed by atoms with E-state index in [1.807, 2.05) is 27.1 Å². The van der Waals surface area contributed by atoms with Gasteiger partial charge in [-0.25, -0.2) is 4.79 Å². The van der Waals surface area contributed by atoms with Crippen molar-refractivity contribution in [2.75, 3.05) is 13.2 Å². The van der Waals surface area contributed by atoms with Crippen LogP contribution in [-0.2, 0) is 11.8 Å². The number of urea groups is 1. The van der Waals surface area contributed by atoms with Gasteiger partial charge in [0.05, 0.1) is 24.4 Å². The minimum atomic E-state index is -0.166. The third-order valence-corrected chi connectivity index (χ3v) is 4.62. The zero-order valence-corrected chi connectivity index (χ0v) is 14.8. The maximum Gasteiger partial charge on any atom is 0.315 e. The molecule has 0 aliphatic heterocycles. The smallest absolute Gasteiger partial charge is 0.315 e. The quantitative estimate of drug-likeness (QED) is 0.791. The van der Waals surface area contributed by atoms with Crippen LogP contribution in [0.25, 0.3) is 0 Å². The van der Waals surface area contributed by atoms with Gasteiger partial charge in [-0.1, -0.05) is 19.8 Å². The molecule has 0 unspecified atom stereocenters. The number of hydrogen-bond acceptors (Lipinski definition) is 3. The van der Waals surface area contributed by atoms with Crippen LogP contribution in [0.1, 0.15) is 56.8 Å². The normalized spacial score (nSPS) is 22.6. The molecule has 1 saturated carbocycles. The maximum atomic E-state index is 12.0. The van der Waals surface area contributed by atoms with E-state index in [0.717, 1.165) is 17.7 Å². The number of ether oxygens (including phenoxy) is 1. The molecule has 2 N–H and O–H groups in total. The molecule has 3 atom stereocenters. The number of nitrogens with zero attached hydrogens (tertiary/aromatic N) is 2. The highest BCUT2D eigenvalue weighted by atomic mass is 16.5. The fourth-order valence-electron chi connectivity index (χ4n) is 3.27. The zero-order chi connectivity index (χ0) is 16.8. The van der Waals surface area contributed by atoms with Crippen LogP contribution in [0.5, 0.6) is 0 Å². The van der Waals surface area contributed by atoms with E-state index in [1.54, 1.807) is 4.68 Å². The van der Waals surface area contributed by atoms with Crippen molar-refractivity contribution in [1.82, 2.24) is 20.4 Å². The molecule has 0 aromatic carbocycles. The minimum Gasteiger partial charge on any atom is -0.376 e. The average Bonchev–Trinajstić information content (AvgIpc) is 2.84. The van der Waals surface area contributed by atoms with Crippen molar-refractivity contribution < 1.29 is 9.53 Å². The molecule has 0 bridgehead atoms. The van der Waals surface area contributed by atoms with E-state index in [1.165, 1.54) is 19.3 Å². The number of hydrogen-bond donors (Lipinski definition) is 2. The molecule has 1 fully saturated rings. The summed E-state index contributed by atoms with van der Waals surface area (Å²) in [5, 5.41) is 10.1. The van der Waals surface area contributed by atoms with Gasteiger partial charge < -0.3 is 15.4 Å². The molecule has 2 rings (SSSR count). The van der Waals surface area contributed by atoms with Crippen molar-refractivity contribution in [3.8, 4) is 0 Å². The Labute approximate surface area is 139 Å². The summed E-state index contributed by atoms with van der Waals surface area (Å²) in [7, 11) is 1.88. The predicted molar refractivity (Wildman–Crippen MR) is 90.3 cm³/mol. The summed E-state index contributed by atoms with van der Waals surface area (Å²) in [5.41, 5.74) is 1.98. The summed E-state index contributed by atoms with van der Waals surface area (Å²) in [5.74, 6) is 0.631. The van der Waals surface area contributed by atoms with Crippen molar-refractivity contribution >= 4 is 6.03 Å². The number of carbonyl (C=O) groups is 1. The zero-order valence-electron chi connectivity index (χ0n) is 14.8. The Morgan fingerprint density at radius 1 is 1.48 bits per heavy atom. The van der Waals surface area contributed by atoms with Gasteiger partial charge in [-0.2, -0.15) is 5.10 Å². The van der Waals surface area contributed by atoms with E-state index in [4.69, 9.17) is 4.74 Å². The second-order valence-electron chi connectivity index (χ2n) is 6.64. The lowest BCUT2D eigenvalue weighted by Gasteiger charge is -2.28. The summed E-state index contributed by atoms with van der Waals surface area (Å²) in [6.45, 7) is 7.27. The molecule has 6 heteroatoms. The van der Waals surface area contributed by atoms with Crippen molar-refractivity contribution in [2.45, 2.75) is 58.6 Å². The van der Waals surface area contributed by atoms with Gasteiger partial charge in [-0.15, -0.1) is 0 Å². The average molecular weight is 322 g/mol. The minimum absolute atomic E-state index is 0.0667. The summed E-state index contributed by atoms with van der Waals surface area (Å²) < 4.78 is 7.67. The number of carbonyl (C=O) groups excluding carboxylic acids is 1. The van der Waals surface area contributed by atoms with E-state index < -0.39 is 0 Å². The predicted octanol–water partition coefficient (Wildman–Crippen LogP) is 2.68. The largest absolute Gasteiger partial charge is 0.376 e. The van der Waals surface area contributed by atoms with Crippen LogP contribution in [0.2, 0.25) is 0 Å². The first kappa shape index (κ1) is 17.8. The van der Waals surface area contributed by atoms with Crippen LogP contribution in [-0.4, -0.2) is 35.1 Å². The lowest BCUT2D eigenvalue weighted by molar-refractivity contribution is -0.00244. The van der Waals surface area contributed by atoms with Gasteiger partial charge in [0.15, 0.2) is 0 Å². The Morgan fingerprint density at radius 2 is 2.22 bits per heavy atom. The molecule has 1 aliphatic rings. The van der Waals surface area contributed by atoms with E-state index in [9.17, 15) is 4.79 Å². The summed E-state index contributed by atoms with van der Waals surface area (Å²) in [6.07, 6.45) is 7.25. The lowest BCUT2D eigenvalue weighted by atomic mass is 9.88. The highest BCUT2D eigenvalue weighted by Gasteiger charge is 2.21. The van der Waals surface area contributed by atoms with Gasteiger partial charge >= 0.3 is 6.03 Å². The Balaban J connectivity index is 1.66. The molecule has 23 heavy (non-hydrogen) atoms. The maximum absolute atomic E-state index is 12.0. The lowest BCUT2D eigenvalue weighted by Crippen LogP contribution is -2.39. The standard InChI is InChI=1S/C17H30N4O2/c1-12-7-5-6-8-16(12)23-10-9-18-17(22)19-13(2)15-11-21(4)20-14(15)3/h11-13,16H,5-10H2,1-4H3,(H2,18,19,22)/t12-,13-,16+/m0/s1. The number of amides is 2. The topological polar surface area (TPSA) is 68.2 Å². The van der Waals surface area contributed by atoms with Gasteiger partial charge in [0.1, 0.15) is 0 Å². The van der Waals surface area contributed by atoms with Gasteiger partial charge in [0.25, 0.3) is 0 Å². The SMILES string of the molecule is Cc1nn(C)cc1[C@H](C)NC(=O)NCCO[C@@H]1CCCC[C@@H]1C. The monoisotopic (exact) mass is 322 g/mol. The Kier molecular flexibility index (Phi) is 6.45. The Hall–Kier alpha value is -1.56. The molecule has 1 aromatic rings.